The molecule has 0 aliphatic rings. The van der Waals surface area contributed by atoms with E-state index < -0.39 is 28.9 Å². The minimum Gasteiger partial charge on any atom is -0.478 e. The highest BCUT2D eigenvalue weighted by atomic mass is 19.3. The van der Waals surface area contributed by atoms with Gasteiger partial charge in [-0.2, -0.15) is 8.78 Å². The van der Waals surface area contributed by atoms with Crippen molar-refractivity contribution in [2.24, 2.45) is 0 Å². The van der Waals surface area contributed by atoms with Gasteiger partial charge in [0.15, 0.2) is 0 Å². The van der Waals surface area contributed by atoms with E-state index in [4.69, 9.17) is 5.11 Å². The van der Waals surface area contributed by atoms with Gasteiger partial charge < -0.3 is 9.84 Å². The molecule has 0 fully saturated rings. The van der Waals surface area contributed by atoms with Gasteiger partial charge in [0.05, 0.1) is 4.92 Å². The molecule has 0 bridgehead atoms. The molecule has 1 N–H and O–H groups in total. The Labute approximate surface area is 106 Å². The Morgan fingerprint density at radius 3 is 2.63 bits per heavy atom. The lowest BCUT2D eigenvalue weighted by Gasteiger charge is -2.10. The molecule has 1 aromatic carbocycles. The van der Waals surface area contributed by atoms with E-state index in [2.05, 4.69) is 4.74 Å². The van der Waals surface area contributed by atoms with Crippen LogP contribution in [0.4, 0.5) is 14.5 Å². The summed E-state index contributed by atoms with van der Waals surface area (Å²) in [6, 6.07) is 2.34. The molecule has 0 amide bonds. The summed E-state index contributed by atoms with van der Waals surface area (Å²) in [6.45, 7) is -1.76. The number of carbonyl (C=O) groups is 1. The highest BCUT2D eigenvalue weighted by Gasteiger charge is 2.22. The maximum absolute atomic E-state index is 12.3. The molecule has 0 saturated carbocycles. The number of nitrogens with zero attached hydrogens (tertiary/aromatic N) is 1. The molecule has 0 radical (unpaired) electrons. The first-order valence-electron chi connectivity index (χ1n) is 4.96. The number of rotatable bonds is 5. The zero-order valence-corrected chi connectivity index (χ0v) is 9.67. The van der Waals surface area contributed by atoms with E-state index >= 15 is 0 Å². The number of benzene rings is 1. The van der Waals surface area contributed by atoms with Gasteiger partial charge >= 0.3 is 18.3 Å². The minimum absolute atomic E-state index is 0.0723. The fraction of sp³-hybridized carbons (Fsp3) is 0.182. The van der Waals surface area contributed by atoms with Gasteiger partial charge in [-0.3, -0.25) is 10.1 Å². The summed E-state index contributed by atoms with van der Waals surface area (Å²) in [4.78, 5) is 20.3. The summed E-state index contributed by atoms with van der Waals surface area (Å²) < 4.78 is 28.7. The Balaban J connectivity index is 3.43. The van der Waals surface area contributed by atoms with E-state index in [1.807, 2.05) is 0 Å². The first kappa shape index (κ1) is 14.6. The lowest BCUT2D eigenvalue weighted by molar-refractivity contribution is -0.386. The number of carboxylic acids is 1. The van der Waals surface area contributed by atoms with Crippen LogP contribution < -0.4 is 4.74 Å². The number of alkyl halides is 2. The topological polar surface area (TPSA) is 89.7 Å². The lowest BCUT2D eigenvalue weighted by atomic mass is 10.1. The lowest BCUT2D eigenvalue weighted by Crippen LogP contribution is -2.07. The highest BCUT2D eigenvalue weighted by Crippen LogP contribution is 2.35. The zero-order valence-electron chi connectivity index (χ0n) is 9.67. The van der Waals surface area contributed by atoms with E-state index in [0.717, 1.165) is 12.1 Å². The van der Waals surface area contributed by atoms with Gasteiger partial charge in [0.1, 0.15) is 0 Å². The largest absolute Gasteiger partial charge is 0.478 e. The zero-order chi connectivity index (χ0) is 14.6. The van der Waals surface area contributed by atoms with Gasteiger partial charge in [0.2, 0.25) is 5.75 Å². The Kier molecular flexibility index (Phi) is 4.51. The van der Waals surface area contributed by atoms with Crippen LogP contribution in [0.1, 0.15) is 11.1 Å². The summed E-state index contributed by atoms with van der Waals surface area (Å²) in [7, 11) is 0. The van der Waals surface area contributed by atoms with E-state index in [1.165, 1.54) is 13.0 Å². The Bertz CT molecular complexity index is 542. The van der Waals surface area contributed by atoms with Crippen molar-refractivity contribution in [1.82, 2.24) is 0 Å². The molecule has 8 heteroatoms. The quantitative estimate of drug-likeness (QED) is 0.506. The smallest absolute Gasteiger partial charge is 0.387 e. The van der Waals surface area contributed by atoms with Crippen LogP contribution in [0.15, 0.2) is 18.2 Å². The molecule has 0 saturated heterocycles. The third kappa shape index (κ3) is 3.73. The van der Waals surface area contributed by atoms with Crippen LogP contribution in [-0.2, 0) is 4.79 Å². The number of hydrogen-bond acceptors (Lipinski definition) is 4. The van der Waals surface area contributed by atoms with Crippen LogP contribution >= 0.6 is 0 Å². The molecular weight excluding hydrogens is 264 g/mol. The molecule has 6 nitrogen and oxygen atoms in total. The molecule has 0 heterocycles. The van der Waals surface area contributed by atoms with Crippen molar-refractivity contribution < 1.29 is 28.3 Å². The second-order valence-corrected chi connectivity index (χ2v) is 3.45. The first-order valence-corrected chi connectivity index (χ1v) is 4.96. The minimum atomic E-state index is -3.25. The van der Waals surface area contributed by atoms with E-state index in [1.54, 1.807) is 0 Å². The number of hydrogen-bond donors (Lipinski definition) is 1. The summed E-state index contributed by atoms with van der Waals surface area (Å²) in [5, 5.41) is 19.3. The number of carboxylic acid groups (broad SMARTS) is 1. The van der Waals surface area contributed by atoms with Gasteiger partial charge in [-0.15, -0.1) is 0 Å². The van der Waals surface area contributed by atoms with Crippen LogP contribution in [0.3, 0.4) is 0 Å². The van der Waals surface area contributed by atoms with E-state index in [0.29, 0.717) is 11.6 Å². The molecule has 0 aliphatic carbocycles. The third-order valence-electron chi connectivity index (χ3n) is 2.19. The standard InChI is InChI=1S/C11H9F2NO5/c1-6-2-4-8(14(17)18)10(19-11(12)13)7(6)3-5-9(15)16/h2-5,11H,1H3,(H,15,16)/b5-3+. The average Bonchev–Trinajstić information content (AvgIpc) is 2.26. The summed E-state index contributed by atoms with van der Waals surface area (Å²) >= 11 is 0. The Morgan fingerprint density at radius 1 is 1.53 bits per heavy atom. The van der Waals surface area contributed by atoms with Gasteiger partial charge in [0.25, 0.3) is 0 Å². The van der Waals surface area contributed by atoms with Crippen molar-refractivity contribution in [3.63, 3.8) is 0 Å². The van der Waals surface area contributed by atoms with E-state index in [-0.39, 0.29) is 5.56 Å². The molecule has 1 aromatic rings. The summed E-state index contributed by atoms with van der Waals surface area (Å²) in [5.74, 6) is -1.97. The predicted molar refractivity (Wildman–Crippen MR) is 61.1 cm³/mol. The third-order valence-corrected chi connectivity index (χ3v) is 2.19. The molecule has 1 rings (SSSR count). The van der Waals surface area contributed by atoms with Gasteiger partial charge in [-0.05, 0) is 18.6 Å². The fourth-order valence-corrected chi connectivity index (χ4v) is 1.40. The molecule has 0 unspecified atom stereocenters. The van der Waals surface area contributed by atoms with Crippen LogP contribution in [0.25, 0.3) is 6.08 Å². The SMILES string of the molecule is Cc1ccc([N+](=O)[O-])c(OC(F)F)c1/C=C/C(=O)O. The fourth-order valence-electron chi connectivity index (χ4n) is 1.40. The van der Waals surface area contributed by atoms with E-state index in [9.17, 15) is 23.7 Å². The number of ether oxygens (including phenoxy) is 1. The number of aliphatic carboxylic acids is 1. The number of halogens is 2. The second kappa shape index (κ2) is 5.89. The van der Waals surface area contributed by atoms with Crippen molar-refractivity contribution in [2.75, 3.05) is 0 Å². The normalized spacial score (nSPS) is 10.9. The maximum atomic E-state index is 12.3. The van der Waals surface area contributed by atoms with Crippen molar-refractivity contribution in [3.05, 3.63) is 39.4 Å². The average molecular weight is 273 g/mol. The van der Waals surface area contributed by atoms with Gasteiger partial charge in [0, 0.05) is 17.7 Å². The number of nitro benzene ring substituents is 1. The monoisotopic (exact) mass is 273 g/mol. The van der Waals surface area contributed by atoms with Gasteiger partial charge in [-0.1, -0.05) is 6.07 Å². The molecule has 0 aliphatic heterocycles. The summed E-state index contributed by atoms with van der Waals surface area (Å²) in [5.41, 5.74) is -0.355. The molecule has 19 heavy (non-hydrogen) atoms. The van der Waals surface area contributed by atoms with Crippen LogP contribution in [-0.4, -0.2) is 22.6 Å². The molecule has 0 spiro atoms. The number of aryl methyl sites for hydroxylation is 1. The Morgan fingerprint density at radius 2 is 2.16 bits per heavy atom. The Hall–Kier alpha value is -2.51. The van der Waals surface area contributed by atoms with Crippen molar-refractivity contribution in [2.45, 2.75) is 13.5 Å². The molecule has 0 aromatic heterocycles. The van der Waals surface area contributed by atoms with Crippen molar-refractivity contribution >= 4 is 17.7 Å². The molecular formula is C11H9F2NO5. The predicted octanol–water partition coefficient (Wildman–Crippen LogP) is 2.60. The van der Waals surface area contributed by atoms with Gasteiger partial charge in [-0.25, -0.2) is 4.79 Å². The molecule has 102 valence electrons. The van der Waals surface area contributed by atoms with Crippen LogP contribution in [0.2, 0.25) is 0 Å². The summed E-state index contributed by atoms with van der Waals surface area (Å²) in [6.07, 6.45) is 1.66. The van der Waals surface area contributed by atoms with Crippen LogP contribution in [0, 0.1) is 17.0 Å². The highest BCUT2D eigenvalue weighted by molar-refractivity contribution is 5.87. The first-order chi connectivity index (χ1) is 8.82. The van der Waals surface area contributed by atoms with Crippen molar-refractivity contribution in [1.29, 1.82) is 0 Å². The second-order valence-electron chi connectivity index (χ2n) is 3.45. The van der Waals surface area contributed by atoms with Crippen molar-refractivity contribution in [3.8, 4) is 5.75 Å². The number of nitro groups is 1. The maximum Gasteiger partial charge on any atom is 0.387 e. The molecule has 0 atom stereocenters. The van der Waals surface area contributed by atoms with Crippen LogP contribution in [0.5, 0.6) is 5.75 Å².